The summed E-state index contributed by atoms with van der Waals surface area (Å²) in [5.41, 5.74) is 4.79. The van der Waals surface area contributed by atoms with Gasteiger partial charge in [0, 0.05) is 25.7 Å². The van der Waals surface area contributed by atoms with Crippen molar-refractivity contribution in [2.75, 3.05) is 13.6 Å². The summed E-state index contributed by atoms with van der Waals surface area (Å²) in [5, 5.41) is 7.67. The number of likely N-dealkylation sites (tertiary alicyclic amines) is 1. The second-order valence-corrected chi connectivity index (χ2v) is 16.2. The Labute approximate surface area is 294 Å². The van der Waals surface area contributed by atoms with Gasteiger partial charge in [0.2, 0.25) is 5.91 Å². The molecular weight excluding hydrogens is 711 g/mol. The predicted octanol–water partition coefficient (Wildman–Crippen LogP) is 0.336. The number of nitrogens with zero attached hydrogens (tertiary/aromatic N) is 4. The summed E-state index contributed by atoms with van der Waals surface area (Å²) < 4.78 is 69.6. The molecule has 0 bridgehead atoms. The van der Waals surface area contributed by atoms with Crippen molar-refractivity contribution in [3.8, 4) is 0 Å². The number of amides is 3. The molecule has 5 unspecified atom stereocenters. The number of carbonyl (C=O) groups is 4. The van der Waals surface area contributed by atoms with E-state index < -0.39 is 66.2 Å². The third-order valence-electron chi connectivity index (χ3n) is 9.78. The molecule has 0 spiro atoms. The first-order valence-corrected chi connectivity index (χ1v) is 19.6. The maximum atomic E-state index is 13.8. The normalized spacial score (nSPS) is 26.6. The highest BCUT2D eigenvalue weighted by Crippen LogP contribution is 2.34. The molecule has 3 fully saturated rings. The first kappa shape index (κ1) is 38.0. The van der Waals surface area contributed by atoms with Crippen molar-refractivity contribution in [2.45, 2.75) is 92.8 Å². The van der Waals surface area contributed by atoms with Crippen LogP contribution in [0.15, 0.2) is 39.4 Å². The molecule has 20 heteroatoms. The molecule has 51 heavy (non-hydrogen) atoms. The second-order valence-electron chi connectivity index (χ2n) is 12.9. The van der Waals surface area contributed by atoms with Crippen LogP contribution in [0.1, 0.15) is 87.5 Å². The number of aromatic amines is 1. The van der Waals surface area contributed by atoms with Crippen molar-refractivity contribution in [2.24, 2.45) is 10.8 Å². The number of H-pyrrole nitrogens is 1. The Bertz CT molecular complexity index is 2000. The van der Waals surface area contributed by atoms with Crippen LogP contribution >= 0.6 is 0 Å². The van der Waals surface area contributed by atoms with Gasteiger partial charge in [0.1, 0.15) is 22.8 Å². The Morgan fingerprint density at radius 2 is 1.59 bits per heavy atom. The zero-order valence-electron chi connectivity index (χ0n) is 27.8. The molecule has 5 atom stereocenters. The minimum Gasteiger partial charge on any atom is -0.354 e. The Morgan fingerprint density at radius 1 is 0.980 bits per heavy atom. The van der Waals surface area contributed by atoms with E-state index in [0.29, 0.717) is 38.4 Å². The predicted molar refractivity (Wildman–Crippen MR) is 183 cm³/mol. The number of carbonyl (C=O) groups excluding carboxylic acids is 4. The maximum absolute atomic E-state index is 13.8. The molecule has 1 aromatic rings. The molecule has 3 amide bonds. The lowest BCUT2D eigenvalue weighted by Crippen LogP contribution is -2.47. The highest BCUT2D eigenvalue weighted by molar-refractivity contribution is 7.86. The van der Waals surface area contributed by atoms with Gasteiger partial charge in [0.25, 0.3) is 37.6 Å². The van der Waals surface area contributed by atoms with Crippen LogP contribution in [0.5, 0.6) is 0 Å². The summed E-state index contributed by atoms with van der Waals surface area (Å²) in [4.78, 5) is 66.4. The monoisotopic (exact) mass is 751 g/mol. The van der Waals surface area contributed by atoms with E-state index in [2.05, 4.69) is 15.5 Å². The quantitative estimate of drug-likeness (QED) is 0.0886. The minimum atomic E-state index is -4.56. The van der Waals surface area contributed by atoms with E-state index in [1.807, 2.05) is 0 Å². The summed E-state index contributed by atoms with van der Waals surface area (Å²) in [6, 6.07) is -3.32. The van der Waals surface area contributed by atoms with Crippen molar-refractivity contribution in [3.63, 3.8) is 0 Å². The number of nitrogens with two attached hydrogens (primary N) is 1. The number of hydrogen-bond donors (Lipinski definition) is 5. The third kappa shape index (κ3) is 7.83. The Kier molecular flexibility index (Phi) is 11.3. The van der Waals surface area contributed by atoms with E-state index in [-0.39, 0.29) is 72.8 Å². The summed E-state index contributed by atoms with van der Waals surface area (Å²) in [6.07, 6.45) is 9.19. The lowest BCUT2D eigenvalue weighted by molar-refractivity contribution is -0.128. The van der Waals surface area contributed by atoms with Crippen LogP contribution in [0, 0.1) is 0 Å². The number of hydrogen-bond acceptors (Lipinski definition) is 11. The Hall–Kier alpha value is -4.24. The summed E-state index contributed by atoms with van der Waals surface area (Å²) in [6.45, 7) is 0.267. The molecule has 4 aliphatic rings. The zero-order valence-corrected chi connectivity index (χ0v) is 29.4. The molecule has 0 radical (unpaired) electrons. The van der Waals surface area contributed by atoms with Crippen LogP contribution in [0.25, 0.3) is 6.08 Å². The first-order chi connectivity index (χ1) is 24.1. The molecule has 1 aromatic heterocycles. The number of rotatable bonds is 11. The number of aldehydes is 1. The first-order valence-electron chi connectivity index (χ1n) is 16.6. The van der Waals surface area contributed by atoms with Crippen LogP contribution in [0.2, 0.25) is 0 Å². The van der Waals surface area contributed by atoms with E-state index in [4.69, 9.17) is 5.73 Å². The van der Waals surface area contributed by atoms with Gasteiger partial charge in [-0.3, -0.25) is 33.4 Å². The van der Waals surface area contributed by atoms with Gasteiger partial charge in [0.05, 0.1) is 28.9 Å². The molecule has 18 nitrogen and oxygen atoms in total. The number of hydrazone groups is 1. The second kappa shape index (κ2) is 15.2. The topological polar surface area (TPSA) is 272 Å². The van der Waals surface area contributed by atoms with Crippen LogP contribution in [-0.4, -0.2) is 105 Å². The summed E-state index contributed by atoms with van der Waals surface area (Å²) in [5.74, 6) is -1.82. The average molecular weight is 752 g/mol. The molecule has 0 aromatic carbocycles. The zero-order chi connectivity index (χ0) is 37.2. The molecule has 5 rings (SSSR count). The van der Waals surface area contributed by atoms with Crippen molar-refractivity contribution in [3.05, 3.63) is 51.1 Å². The molecule has 278 valence electrons. The fourth-order valence-electron chi connectivity index (χ4n) is 7.21. The Morgan fingerprint density at radius 3 is 2.16 bits per heavy atom. The van der Waals surface area contributed by atoms with E-state index in [1.165, 1.54) is 36.3 Å². The molecule has 3 heterocycles. The average Bonchev–Trinajstić information content (AvgIpc) is 3.77. The van der Waals surface area contributed by atoms with E-state index >= 15 is 0 Å². The molecule has 2 aliphatic carbocycles. The fraction of sp³-hybridized carbons (Fsp3) is 0.548. The van der Waals surface area contributed by atoms with Crippen molar-refractivity contribution in [1.29, 1.82) is 0 Å². The lowest BCUT2D eigenvalue weighted by atomic mass is 9.94. The molecular formula is C31H41N7O11S2. The van der Waals surface area contributed by atoms with Gasteiger partial charge in [-0.2, -0.15) is 21.9 Å². The van der Waals surface area contributed by atoms with Crippen molar-refractivity contribution >= 4 is 56.0 Å². The number of aromatic nitrogens is 2. The van der Waals surface area contributed by atoms with Crippen LogP contribution in [0.3, 0.4) is 0 Å². The van der Waals surface area contributed by atoms with E-state index in [9.17, 15) is 49.9 Å². The molecule has 1 saturated heterocycles. The lowest BCUT2D eigenvalue weighted by Gasteiger charge is -2.33. The Balaban J connectivity index is 1.58. The van der Waals surface area contributed by atoms with Crippen molar-refractivity contribution in [1.82, 2.24) is 25.0 Å². The van der Waals surface area contributed by atoms with Crippen molar-refractivity contribution < 1.29 is 45.1 Å². The summed E-state index contributed by atoms with van der Waals surface area (Å²) in [7, 11) is -7.77. The van der Waals surface area contributed by atoms with E-state index in [0.717, 1.165) is 9.69 Å². The van der Waals surface area contributed by atoms with Crippen LogP contribution < -0.4 is 16.6 Å². The van der Waals surface area contributed by atoms with Gasteiger partial charge in [-0.1, -0.05) is 25.7 Å². The van der Waals surface area contributed by atoms with Gasteiger partial charge in [-0.05, 0) is 56.4 Å². The fourth-order valence-corrected chi connectivity index (χ4v) is 9.45. The standard InChI is InChI=1S/C31H41N7O11S2/c1-33-29(41)28-20(31(43)38(35-28)23-8-3-5-10-25(23)51(47,48)49)15-13-18(36-16-6-11-26(36)40)12-14-19-27(21(32)17-39)34-37(30(19)42)22-7-2-4-9-24(22)50(44,45)46/h12-15,17,21-25,34H,2-11,16,32H2,1H3,(H,33,41)(H,44,45,46)(H,47,48,49)/b14-12?,18-13?,20-15-. The van der Waals surface area contributed by atoms with Gasteiger partial charge in [-0.25, -0.2) is 9.69 Å². The highest BCUT2D eigenvalue weighted by Gasteiger charge is 2.45. The van der Waals surface area contributed by atoms with Gasteiger partial charge in [-0.15, -0.1) is 0 Å². The number of allylic oxidation sites excluding steroid dienone is 3. The van der Waals surface area contributed by atoms with Gasteiger partial charge >= 0.3 is 0 Å². The maximum Gasteiger partial charge on any atom is 0.276 e. The highest BCUT2D eigenvalue weighted by atomic mass is 32.2. The molecule has 2 saturated carbocycles. The smallest absolute Gasteiger partial charge is 0.276 e. The largest absolute Gasteiger partial charge is 0.354 e. The SMILES string of the molecule is CNC(=O)C1=NN(C2CCCCC2S(=O)(=O)O)C(=O)/C1=C\C=C(C=Cc1c(C(N)C=O)[nH]n(C2CCCCC2S(=O)(=O)O)c1=O)N1CCCC1=O. The molecule has 6 N–H and O–H groups in total. The number of nitrogens with one attached hydrogen (secondary N) is 2. The van der Waals surface area contributed by atoms with Gasteiger partial charge in [0.15, 0.2) is 5.71 Å². The third-order valence-corrected chi connectivity index (χ3v) is 12.4. The molecule has 2 aliphatic heterocycles. The van der Waals surface area contributed by atoms with Crippen LogP contribution in [0.4, 0.5) is 0 Å². The summed E-state index contributed by atoms with van der Waals surface area (Å²) >= 11 is 0. The minimum absolute atomic E-state index is 0.0344. The van der Waals surface area contributed by atoms with Crippen LogP contribution in [-0.2, 0) is 39.4 Å². The van der Waals surface area contributed by atoms with E-state index in [1.54, 1.807) is 0 Å². The van der Waals surface area contributed by atoms with Gasteiger partial charge < -0.3 is 20.7 Å².